The molecule has 0 spiro atoms. The second kappa shape index (κ2) is 4.30. The van der Waals surface area contributed by atoms with Crippen molar-refractivity contribution in [2.45, 2.75) is 25.1 Å². The Hall–Kier alpha value is -0.780. The molecule has 0 heterocycles. The first-order valence-corrected chi connectivity index (χ1v) is 3.16. The van der Waals surface area contributed by atoms with Crippen molar-refractivity contribution in [1.29, 1.82) is 0 Å². The van der Waals surface area contributed by atoms with E-state index in [9.17, 15) is 18.0 Å². The van der Waals surface area contributed by atoms with Crippen LogP contribution in [0.1, 0.15) is 12.8 Å². The Morgan fingerprint density at radius 3 is 2.33 bits per heavy atom. The standard InChI is InChI=1S/C6H9F3O3/c1-12-4(2-5(10)11)3-6(7,8)9/h4H,2-3H2,1H3,(H,10,11). The second-order valence-corrected chi connectivity index (χ2v) is 2.27. The van der Waals surface area contributed by atoms with Gasteiger partial charge in [-0.2, -0.15) is 13.2 Å². The highest BCUT2D eigenvalue weighted by Crippen LogP contribution is 2.23. The molecule has 0 aromatic carbocycles. The molecule has 0 bridgehead atoms. The molecule has 0 saturated carbocycles. The van der Waals surface area contributed by atoms with E-state index >= 15 is 0 Å². The SMILES string of the molecule is COC(CC(=O)O)CC(F)(F)F. The number of carbonyl (C=O) groups is 1. The Labute approximate surface area is 67.1 Å². The molecular formula is C6H9F3O3. The highest BCUT2D eigenvalue weighted by Gasteiger charge is 2.32. The second-order valence-electron chi connectivity index (χ2n) is 2.27. The van der Waals surface area contributed by atoms with Gasteiger partial charge < -0.3 is 9.84 Å². The van der Waals surface area contributed by atoms with Crippen molar-refractivity contribution in [1.82, 2.24) is 0 Å². The molecule has 0 fully saturated rings. The summed E-state index contributed by atoms with van der Waals surface area (Å²) in [6.45, 7) is 0. The van der Waals surface area contributed by atoms with Crippen molar-refractivity contribution in [2.24, 2.45) is 0 Å². The summed E-state index contributed by atoms with van der Waals surface area (Å²) in [4.78, 5) is 10.0. The largest absolute Gasteiger partial charge is 0.481 e. The molecule has 12 heavy (non-hydrogen) atoms. The van der Waals surface area contributed by atoms with Crippen LogP contribution < -0.4 is 0 Å². The molecule has 1 atom stereocenters. The zero-order valence-corrected chi connectivity index (χ0v) is 6.39. The van der Waals surface area contributed by atoms with Crippen LogP contribution in [0.15, 0.2) is 0 Å². The Kier molecular flexibility index (Phi) is 4.02. The van der Waals surface area contributed by atoms with E-state index in [0.29, 0.717) is 0 Å². The molecule has 0 rings (SSSR count). The first-order valence-electron chi connectivity index (χ1n) is 3.16. The quantitative estimate of drug-likeness (QED) is 0.722. The first-order chi connectivity index (χ1) is 5.35. The summed E-state index contributed by atoms with van der Waals surface area (Å²) < 4.78 is 39.3. The zero-order chi connectivity index (χ0) is 9.78. The van der Waals surface area contributed by atoms with Gasteiger partial charge in [-0.15, -0.1) is 0 Å². The molecule has 0 aromatic rings. The van der Waals surface area contributed by atoms with E-state index in [4.69, 9.17) is 5.11 Å². The van der Waals surface area contributed by atoms with Gasteiger partial charge in [0.2, 0.25) is 0 Å². The number of aliphatic carboxylic acids is 1. The van der Waals surface area contributed by atoms with Crippen LogP contribution in [0.5, 0.6) is 0 Å². The van der Waals surface area contributed by atoms with Crippen LogP contribution in [-0.2, 0) is 9.53 Å². The summed E-state index contributed by atoms with van der Waals surface area (Å²) in [5.74, 6) is -1.30. The smallest absolute Gasteiger partial charge is 0.391 e. The fourth-order valence-electron chi connectivity index (χ4n) is 0.692. The molecule has 0 aromatic heterocycles. The number of rotatable bonds is 4. The summed E-state index contributed by atoms with van der Waals surface area (Å²) in [5, 5.41) is 8.16. The average molecular weight is 186 g/mol. The molecule has 72 valence electrons. The van der Waals surface area contributed by atoms with Crippen molar-refractivity contribution in [3.05, 3.63) is 0 Å². The lowest BCUT2D eigenvalue weighted by atomic mass is 10.2. The van der Waals surface area contributed by atoms with E-state index in [1.807, 2.05) is 0 Å². The van der Waals surface area contributed by atoms with E-state index < -0.39 is 31.1 Å². The number of halogens is 3. The van der Waals surface area contributed by atoms with Gasteiger partial charge in [-0.05, 0) is 0 Å². The van der Waals surface area contributed by atoms with Crippen molar-refractivity contribution in [2.75, 3.05) is 7.11 Å². The van der Waals surface area contributed by atoms with Crippen LogP contribution in [0.3, 0.4) is 0 Å². The number of carboxylic acids is 1. The minimum Gasteiger partial charge on any atom is -0.481 e. The Morgan fingerprint density at radius 2 is 2.08 bits per heavy atom. The number of ether oxygens (including phenoxy) is 1. The summed E-state index contributed by atoms with van der Waals surface area (Å²) in [5.41, 5.74) is 0. The van der Waals surface area contributed by atoms with Gasteiger partial charge in [-0.25, -0.2) is 0 Å². The molecule has 6 heteroatoms. The molecule has 1 N–H and O–H groups in total. The zero-order valence-electron chi connectivity index (χ0n) is 6.39. The summed E-state index contributed by atoms with van der Waals surface area (Å²) >= 11 is 0. The van der Waals surface area contributed by atoms with Gasteiger partial charge in [0.15, 0.2) is 0 Å². The third-order valence-corrected chi connectivity index (χ3v) is 1.19. The summed E-state index contributed by atoms with van der Waals surface area (Å²) in [6, 6.07) is 0. The van der Waals surface area contributed by atoms with Gasteiger partial charge in [0.05, 0.1) is 18.9 Å². The van der Waals surface area contributed by atoms with Crippen molar-refractivity contribution in [3.63, 3.8) is 0 Å². The minimum absolute atomic E-state index is 0.629. The fourth-order valence-corrected chi connectivity index (χ4v) is 0.692. The normalized spacial score (nSPS) is 14.3. The van der Waals surface area contributed by atoms with E-state index in [1.54, 1.807) is 0 Å². The highest BCUT2D eigenvalue weighted by molar-refractivity contribution is 5.67. The lowest BCUT2D eigenvalue weighted by Gasteiger charge is -2.14. The van der Waals surface area contributed by atoms with E-state index in [1.165, 1.54) is 0 Å². The van der Waals surface area contributed by atoms with Gasteiger partial charge in [-0.3, -0.25) is 4.79 Å². The molecule has 0 radical (unpaired) electrons. The van der Waals surface area contributed by atoms with Crippen LogP contribution in [0.25, 0.3) is 0 Å². The van der Waals surface area contributed by atoms with E-state index in [0.717, 1.165) is 7.11 Å². The maximum absolute atomic E-state index is 11.7. The third-order valence-electron chi connectivity index (χ3n) is 1.19. The Morgan fingerprint density at radius 1 is 1.58 bits per heavy atom. The molecule has 3 nitrogen and oxygen atoms in total. The number of methoxy groups -OCH3 is 1. The molecule has 0 amide bonds. The molecule has 0 aliphatic rings. The predicted molar refractivity (Wildman–Crippen MR) is 33.7 cm³/mol. The predicted octanol–water partition coefficient (Wildman–Crippen LogP) is 1.43. The van der Waals surface area contributed by atoms with E-state index in [-0.39, 0.29) is 0 Å². The van der Waals surface area contributed by atoms with Gasteiger partial charge in [0.1, 0.15) is 0 Å². The molecule has 1 unspecified atom stereocenters. The highest BCUT2D eigenvalue weighted by atomic mass is 19.4. The van der Waals surface area contributed by atoms with Crippen LogP contribution in [0, 0.1) is 0 Å². The summed E-state index contributed by atoms with van der Waals surface area (Å²) in [7, 11) is 1.05. The molecule has 0 aliphatic heterocycles. The summed E-state index contributed by atoms with van der Waals surface area (Å²) in [6.07, 6.45) is -7.52. The topological polar surface area (TPSA) is 46.5 Å². The maximum Gasteiger partial charge on any atom is 0.391 e. The lowest BCUT2D eigenvalue weighted by Crippen LogP contribution is -2.23. The van der Waals surface area contributed by atoms with Gasteiger partial charge in [0, 0.05) is 7.11 Å². The van der Waals surface area contributed by atoms with Crippen LogP contribution in [-0.4, -0.2) is 30.5 Å². The number of alkyl halides is 3. The van der Waals surface area contributed by atoms with Gasteiger partial charge in [0.25, 0.3) is 0 Å². The van der Waals surface area contributed by atoms with Crippen molar-refractivity contribution < 1.29 is 27.8 Å². The van der Waals surface area contributed by atoms with Crippen molar-refractivity contribution in [3.8, 4) is 0 Å². The third kappa shape index (κ3) is 5.96. The van der Waals surface area contributed by atoms with Crippen LogP contribution in [0.4, 0.5) is 13.2 Å². The average Bonchev–Trinajstić information content (AvgIpc) is 1.82. The van der Waals surface area contributed by atoms with Crippen LogP contribution >= 0.6 is 0 Å². The molecule has 0 aliphatic carbocycles. The molecular weight excluding hydrogens is 177 g/mol. The number of carboxylic acid groups (broad SMARTS) is 1. The Bertz CT molecular complexity index is 155. The molecule has 0 saturated heterocycles. The monoisotopic (exact) mass is 186 g/mol. The first kappa shape index (κ1) is 11.2. The van der Waals surface area contributed by atoms with Crippen LogP contribution in [0.2, 0.25) is 0 Å². The van der Waals surface area contributed by atoms with Crippen molar-refractivity contribution >= 4 is 5.97 Å². The van der Waals surface area contributed by atoms with Gasteiger partial charge >= 0.3 is 12.1 Å². The van der Waals surface area contributed by atoms with Gasteiger partial charge in [-0.1, -0.05) is 0 Å². The Balaban J connectivity index is 3.92. The number of hydrogen-bond acceptors (Lipinski definition) is 2. The fraction of sp³-hybridized carbons (Fsp3) is 0.833. The lowest BCUT2D eigenvalue weighted by molar-refractivity contribution is -0.162. The number of hydrogen-bond donors (Lipinski definition) is 1. The maximum atomic E-state index is 11.7. The van der Waals surface area contributed by atoms with E-state index in [2.05, 4.69) is 4.74 Å². The minimum atomic E-state index is -4.38.